The Bertz CT molecular complexity index is 547. The van der Waals surface area contributed by atoms with Gasteiger partial charge in [0, 0.05) is 11.9 Å². The molecular formula is C15H16N2. The smallest absolute Gasteiger partial charge is 0.101 e. The molecule has 86 valence electrons. The predicted octanol–water partition coefficient (Wildman–Crippen LogP) is 3.48. The molecule has 0 fully saturated rings. The Kier molecular flexibility index (Phi) is 2.77. The van der Waals surface area contributed by atoms with Crippen molar-refractivity contribution in [2.75, 3.05) is 4.90 Å². The molecule has 0 saturated heterocycles. The lowest BCUT2D eigenvalue weighted by atomic mass is 10.1. The summed E-state index contributed by atoms with van der Waals surface area (Å²) >= 11 is 0. The van der Waals surface area contributed by atoms with E-state index in [1.54, 1.807) is 0 Å². The van der Waals surface area contributed by atoms with Gasteiger partial charge < -0.3 is 4.90 Å². The summed E-state index contributed by atoms with van der Waals surface area (Å²) in [7, 11) is 0. The highest BCUT2D eigenvalue weighted by atomic mass is 15.2. The number of anilines is 1. The van der Waals surface area contributed by atoms with Crippen LogP contribution in [0.15, 0.2) is 42.1 Å². The van der Waals surface area contributed by atoms with Crippen LogP contribution in [0.5, 0.6) is 0 Å². The van der Waals surface area contributed by atoms with Crippen LogP contribution in [-0.4, -0.2) is 6.04 Å². The van der Waals surface area contributed by atoms with Crippen LogP contribution < -0.4 is 4.90 Å². The van der Waals surface area contributed by atoms with Crippen molar-refractivity contribution in [1.82, 2.24) is 0 Å². The number of benzene rings is 1. The number of hydrogen-bond donors (Lipinski definition) is 0. The van der Waals surface area contributed by atoms with Gasteiger partial charge in [0.15, 0.2) is 0 Å². The maximum Gasteiger partial charge on any atom is 0.101 e. The Morgan fingerprint density at radius 1 is 1.29 bits per heavy atom. The van der Waals surface area contributed by atoms with E-state index >= 15 is 0 Å². The lowest BCUT2D eigenvalue weighted by Gasteiger charge is -2.23. The standard InChI is InChI=1S/C15H16N2/c1-10-5-6-15(7-11(10)2)17-9-14(8-16)12(3)13(17)4/h5-7,9,13H,3H2,1-2,4H3. The molecule has 2 rings (SSSR count). The Morgan fingerprint density at radius 2 is 2.00 bits per heavy atom. The fourth-order valence-corrected chi connectivity index (χ4v) is 2.01. The topological polar surface area (TPSA) is 27.0 Å². The van der Waals surface area contributed by atoms with Gasteiger partial charge in [-0.2, -0.15) is 5.26 Å². The van der Waals surface area contributed by atoms with Gasteiger partial charge >= 0.3 is 0 Å². The normalized spacial score (nSPS) is 19.2. The van der Waals surface area contributed by atoms with Crippen molar-refractivity contribution in [1.29, 1.82) is 5.26 Å². The molecule has 0 N–H and O–H groups in total. The zero-order chi connectivity index (χ0) is 12.6. The molecule has 1 aromatic rings. The van der Waals surface area contributed by atoms with Gasteiger partial charge in [0.2, 0.25) is 0 Å². The van der Waals surface area contributed by atoms with Crippen LogP contribution in [0.3, 0.4) is 0 Å². The van der Waals surface area contributed by atoms with E-state index in [-0.39, 0.29) is 6.04 Å². The quantitative estimate of drug-likeness (QED) is 0.730. The summed E-state index contributed by atoms with van der Waals surface area (Å²) in [6.07, 6.45) is 1.89. The van der Waals surface area contributed by atoms with Crippen LogP contribution in [0.25, 0.3) is 0 Å². The van der Waals surface area contributed by atoms with Gasteiger partial charge in [-0.05, 0) is 49.6 Å². The van der Waals surface area contributed by atoms with Crippen molar-refractivity contribution >= 4 is 5.69 Å². The van der Waals surface area contributed by atoms with E-state index in [4.69, 9.17) is 5.26 Å². The number of aryl methyl sites for hydroxylation is 2. The summed E-state index contributed by atoms with van der Waals surface area (Å²) < 4.78 is 0. The van der Waals surface area contributed by atoms with Gasteiger partial charge in [0.1, 0.15) is 6.07 Å². The third-order valence-corrected chi connectivity index (χ3v) is 3.44. The zero-order valence-electron chi connectivity index (χ0n) is 10.5. The summed E-state index contributed by atoms with van der Waals surface area (Å²) in [5.74, 6) is 0. The maximum absolute atomic E-state index is 9.01. The van der Waals surface area contributed by atoms with Crippen LogP contribution >= 0.6 is 0 Å². The fourth-order valence-electron chi connectivity index (χ4n) is 2.01. The average Bonchev–Trinajstić information content (AvgIpc) is 2.60. The van der Waals surface area contributed by atoms with Crippen molar-refractivity contribution in [2.24, 2.45) is 0 Å². The first kappa shape index (κ1) is 11.5. The van der Waals surface area contributed by atoms with Gasteiger partial charge in [0.05, 0.1) is 11.6 Å². The number of rotatable bonds is 1. The van der Waals surface area contributed by atoms with E-state index in [1.165, 1.54) is 11.1 Å². The van der Waals surface area contributed by atoms with Gasteiger partial charge in [-0.1, -0.05) is 12.6 Å². The largest absolute Gasteiger partial charge is 0.339 e. The van der Waals surface area contributed by atoms with Gasteiger partial charge in [0.25, 0.3) is 0 Å². The summed E-state index contributed by atoms with van der Waals surface area (Å²) in [4.78, 5) is 2.10. The maximum atomic E-state index is 9.01. The first-order valence-corrected chi connectivity index (χ1v) is 5.71. The average molecular weight is 224 g/mol. The van der Waals surface area contributed by atoms with Crippen LogP contribution in [0.2, 0.25) is 0 Å². The Morgan fingerprint density at radius 3 is 2.53 bits per heavy atom. The van der Waals surface area contributed by atoms with E-state index in [2.05, 4.69) is 56.5 Å². The lowest BCUT2D eigenvalue weighted by molar-refractivity contribution is 0.860. The van der Waals surface area contributed by atoms with Crippen LogP contribution in [0.4, 0.5) is 5.69 Å². The van der Waals surface area contributed by atoms with E-state index in [9.17, 15) is 0 Å². The molecule has 1 aliphatic rings. The number of nitriles is 1. The van der Waals surface area contributed by atoms with Crippen LogP contribution in [-0.2, 0) is 0 Å². The second kappa shape index (κ2) is 4.10. The summed E-state index contributed by atoms with van der Waals surface area (Å²) in [5, 5.41) is 9.01. The summed E-state index contributed by atoms with van der Waals surface area (Å²) in [5.41, 5.74) is 5.23. The van der Waals surface area contributed by atoms with Crippen molar-refractivity contribution < 1.29 is 0 Å². The highest BCUT2D eigenvalue weighted by molar-refractivity contribution is 5.64. The number of nitrogens with zero attached hydrogens (tertiary/aromatic N) is 2. The molecule has 1 heterocycles. The summed E-state index contributed by atoms with van der Waals surface area (Å²) in [6, 6.07) is 8.69. The third-order valence-electron chi connectivity index (χ3n) is 3.44. The molecule has 1 unspecified atom stereocenters. The van der Waals surface area contributed by atoms with E-state index in [0.29, 0.717) is 5.57 Å². The molecule has 0 bridgehead atoms. The molecule has 1 atom stereocenters. The van der Waals surface area contributed by atoms with Crippen molar-refractivity contribution in [3.8, 4) is 6.07 Å². The predicted molar refractivity (Wildman–Crippen MR) is 70.7 cm³/mol. The van der Waals surface area contributed by atoms with Crippen molar-refractivity contribution in [2.45, 2.75) is 26.8 Å². The first-order valence-electron chi connectivity index (χ1n) is 5.71. The highest BCUT2D eigenvalue weighted by Crippen LogP contribution is 2.31. The molecule has 0 saturated carbocycles. The van der Waals surface area contributed by atoms with Gasteiger partial charge in [-0.25, -0.2) is 0 Å². The third kappa shape index (κ3) is 1.85. The molecule has 1 aliphatic heterocycles. The SMILES string of the molecule is C=C1C(C#N)=CN(c2ccc(C)c(C)c2)C1C. The molecule has 17 heavy (non-hydrogen) atoms. The molecule has 1 aromatic carbocycles. The Balaban J connectivity index is 2.42. The number of hydrogen-bond acceptors (Lipinski definition) is 2. The molecule has 0 radical (unpaired) electrons. The first-order chi connectivity index (χ1) is 8.04. The van der Waals surface area contributed by atoms with E-state index in [1.807, 2.05) is 6.20 Å². The highest BCUT2D eigenvalue weighted by Gasteiger charge is 2.25. The molecule has 2 heteroatoms. The molecule has 0 spiro atoms. The molecule has 0 aromatic heterocycles. The van der Waals surface area contributed by atoms with E-state index in [0.717, 1.165) is 11.3 Å². The Hall–Kier alpha value is -2.01. The minimum absolute atomic E-state index is 0.159. The van der Waals surface area contributed by atoms with Crippen molar-refractivity contribution in [3.05, 3.63) is 53.3 Å². The van der Waals surface area contributed by atoms with Crippen molar-refractivity contribution in [3.63, 3.8) is 0 Å². The minimum Gasteiger partial charge on any atom is -0.339 e. The Labute approximate surface area is 102 Å². The molecular weight excluding hydrogens is 208 g/mol. The molecule has 2 nitrogen and oxygen atoms in total. The van der Waals surface area contributed by atoms with Gasteiger partial charge in [-0.3, -0.25) is 0 Å². The minimum atomic E-state index is 0.159. The molecule has 0 aliphatic carbocycles. The lowest BCUT2D eigenvalue weighted by Crippen LogP contribution is -2.24. The summed E-state index contributed by atoms with van der Waals surface area (Å²) in [6.45, 7) is 10.2. The zero-order valence-corrected chi connectivity index (χ0v) is 10.5. The van der Waals surface area contributed by atoms with Crippen LogP contribution in [0.1, 0.15) is 18.1 Å². The van der Waals surface area contributed by atoms with E-state index < -0.39 is 0 Å². The second-order valence-corrected chi connectivity index (χ2v) is 4.53. The molecule has 0 amide bonds. The van der Waals surface area contributed by atoms with Crippen LogP contribution in [0, 0.1) is 25.2 Å². The van der Waals surface area contributed by atoms with Gasteiger partial charge in [-0.15, -0.1) is 0 Å². The second-order valence-electron chi connectivity index (χ2n) is 4.53. The monoisotopic (exact) mass is 224 g/mol. The fraction of sp³-hybridized carbons (Fsp3) is 0.267.